The van der Waals surface area contributed by atoms with Crippen molar-refractivity contribution < 1.29 is 14.1 Å². The molecule has 2 heterocycles. The third kappa shape index (κ3) is 4.13. The molecule has 0 radical (unpaired) electrons. The van der Waals surface area contributed by atoms with E-state index < -0.39 is 5.41 Å². The molecule has 2 aliphatic rings. The number of rotatable bonds is 7. The van der Waals surface area contributed by atoms with Crippen LogP contribution in [-0.2, 0) is 14.9 Å². The number of anilines is 3. The fourth-order valence-corrected chi connectivity index (χ4v) is 5.17. The third-order valence-corrected chi connectivity index (χ3v) is 7.20. The number of esters is 1. The van der Waals surface area contributed by atoms with E-state index >= 15 is 0 Å². The SMILES string of the molecule is COC(=O)C1(c2ccc(Nc3nc(NC4CCCC4)cc(-c4c(C)noc4C)n3)cc2)CCC1. The molecule has 8 nitrogen and oxygen atoms in total. The van der Waals surface area contributed by atoms with E-state index in [-0.39, 0.29) is 5.97 Å². The lowest BCUT2D eigenvalue weighted by atomic mass is 9.64. The van der Waals surface area contributed by atoms with E-state index in [1.54, 1.807) is 0 Å². The van der Waals surface area contributed by atoms with Crippen LogP contribution < -0.4 is 10.6 Å². The summed E-state index contributed by atoms with van der Waals surface area (Å²) >= 11 is 0. The lowest BCUT2D eigenvalue weighted by molar-refractivity contribution is -0.151. The van der Waals surface area contributed by atoms with E-state index in [4.69, 9.17) is 19.2 Å². The molecule has 178 valence electrons. The number of aromatic nitrogens is 3. The first-order valence-electron chi connectivity index (χ1n) is 12.0. The number of methoxy groups -OCH3 is 1. The van der Waals surface area contributed by atoms with E-state index in [1.807, 2.05) is 44.2 Å². The van der Waals surface area contributed by atoms with Gasteiger partial charge >= 0.3 is 5.97 Å². The first-order valence-corrected chi connectivity index (χ1v) is 12.0. The van der Waals surface area contributed by atoms with Crippen molar-refractivity contribution in [2.75, 3.05) is 17.7 Å². The number of carbonyl (C=O) groups is 1. The van der Waals surface area contributed by atoms with Gasteiger partial charge in [0.05, 0.1) is 29.5 Å². The van der Waals surface area contributed by atoms with Crippen LogP contribution in [0, 0.1) is 13.8 Å². The number of aryl methyl sites for hydroxylation is 2. The van der Waals surface area contributed by atoms with Gasteiger partial charge in [-0.05, 0) is 57.2 Å². The van der Waals surface area contributed by atoms with Gasteiger partial charge in [0.2, 0.25) is 5.95 Å². The van der Waals surface area contributed by atoms with E-state index in [9.17, 15) is 4.79 Å². The van der Waals surface area contributed by atoms with Crippen LogP contribution in [0.25, 0.3) is 11.3 Å². The highest BCUT2D eigenvalue weighted by molar-refractivity contribution is 5.84. The molecule has 3 aromatic rings. The zero-order valence-corrected chi connectivity index (χ0v) is 20.0. The first kappa shape index (κ1) is 22.4. The Bertz CT molecular complexity index is 1160. The normalized spacial score (nSPS) is 17.3. The summed E-state index contributed by atoms with van der Waals surface area (Å²) in [6, 6.07) is 10.3. The average molecular weight is 462 g/mol. The molecule has 0 atom stereocenters. The summed E-state index contributed by atoms with van der Waals surface area (Å²) < 4.78 is 10.5. The van der Waals surface area contributed by atoms with Gasteiger partial charge in [0.15, 0.2) is 0 Å². The van der Waals surface area contributed by atoms with E-state index in [1.165, 1.54) is 20.0 Å². The van der Waals surface area contributed by atoms with Gasteiger partial charge < -0.3 is 19.9 Å². The van der Waals surface area contributed by atoms with Crippen LogP contribution in [0.5, 0.6) is 0 Å². The fraction of sp³-hybridized carbons (Fsp3) is 0.462. The van der Waals surface area contributed by atoms with Gasteiger partial charge in [-0.2, -0.15) is 4.98 Å². The molecule has 2 aliphatic carbocycles. The molecule has 0 aliphatic heterocycles. The Morgan fingerprint density at radius 1 is 1.09 bits per heavy atom. The maximum Gasteiger partial charge on any atom is 0.316 e. The number of benzene rings is 1. The van der Waals surface area contributed by atoms with Crippen molar-refractivity contribution in [2.45, 2.75) is 70.3 Å². The summed E-state index contributed by atoms with van der Waals surface area (Å²) in [7, 11) is 1.46. The van der Waals surface area contributed by atoms with Gasteiger partial charge in [-0.25, -0.2) is 4.98 Å². The Kier molecular flexibility index (Phi) is 5.98. The van der Waals surface area contributed by atoms with Crippen LogP contribution in [0.1, 0.15) is 62.0 Å². The molecule has 1 aromatic carbocycles. The molecule has 0 saturated heterocycles. The fourth-order valence-electron chi connectivity index (χ4n) is 5.17. The Morgan fingerprint density at radius 3 is 2.41 bits per heavy atom. The minimum atomic E-state index is -0.509. The largest absolute Gasteiger partial charge is 0.468 e. The topological polar surface area (TPSA) is 102 Å². The number of ether oxygens (including phenoxy) is 1. The van der Waals surface area contributed by atoms with Gasteiger partial charge in [-0.3, -0.25) is 4.79 Å². The second-order valence-corrected chi connectivity index (χ2v) is 9.42. The number of nitrogens with one attached hydrogen (secondary N) is 2. The van der Waals surface area contributed by atoms with Crippen molar-refractivity contribution >= 4 is 23.4 Å². The van der Waals surface area contributed by atoms with Crippen LogP contribution in [0.2, 0.25) is 0 Å². The summed E-state index contributed by atoms with van der Waals surface area (Å²) in [4.78, 5) is 21.9. The highest BCUT2D eigenvalue weighted by Crippen LogP contribution is 2.45. The minimum absolute atomic E-state index is 0.155. The number of carbonyl (C=O) groups excluding carboxylic acids is 1. The van der Waals surface area contributed by atoms with Crippen LogP contribution >= 0.6 is 0 Å². The van der Waals surface area contributed by atoms with E-state index in [0.29, 0.717) is 12.0 Å². The second-order valence-electron chi connectivity index (χ2n) is 9.42. The molecule has 0 unspecified atom stereocenters. The molecule has 2 saturated carbocycles. The van der Waals surface area contributed by atoms with E-state index in [2.05, 4.69) is 15.8 Å². The molecule has 0 spiro atoms. The maximum atomic E-state index is 12.4. The van der Waals surface area contributed by atoms with Crippen LogP contribution in [0.4, 0.5) is 17.5 Å². The molecule has 5 rings (SSSR count). The van der Waals surface area contributed by atoms with Gasteiger partial charge in [-0.15, -0.1) is 0 Å². The van der Waals surface area contributed by atoms with Gasteiger partial charge in [0.25, 0.3) is 0 Å². The molecule has 8 heteroatoms. The monoisotopic (exact) mass is 461 g/mol. The van der Waals surface area contributed by atoms with Crippen molar-refractivity contribution in [3.05, 3.63) is 47.3 Å². The minimum Gasteiger partial charge on any atom is -0.468 e. The van der Waals surface area contributed by atoms with E-state index in [0.717, 1.165) is 71.9 Å². The lowest BCUT2D eigenvalue weighted by Gasteiger charge is -2.39. The second kappa shape index (κ2) is 9.08. The van der Waals surface area contributed by atoms with Crippen molar-refractivity contribution in [3.63, 3.8) is 0 Å². The van der Waals surface area contributed by atoms with Crippen molar-refractivity contribution in [3.8, 4) is 11.3 Å². The summed E-state index contributed by atoms with van der Waals surface area (Å²) in [5.41, 5.74) is 3.79. The Morgan fingerprint density at radius 2 is 1.82 bits per heavy atom. The predicted octanol–water partition coefficient (Wildman–Crippen LogP) is 5.44. The third-order valence-electron chi connectivity index (χ3n) is 7.20. The number of nitrogens with zero attached hydrogens (tertiary/aromatic N) is 3. The smallest absolute Gasteiger partial charge is 0.316 e. The van der Waals surface area contributed by atoms with Crippen LogP contribution in [0.3, 0.4) is 0 Å². The molecule has 0 bridgehead atoms. The molecule has 2 aromatic heterocycles. The zero-order chi connectivity index (χ0) is 23.7. The quantitative estimate of drug-likeness (QED) is 0.448. The van der Waals surface area contributed by atoms with Crippen molar-refractivity contribution in [1.82, 2.24) is 15.1 Å². The molecule has 2 N–H and O–H groups in total. The van der Waals surface area contributed by atoms with Gasteiger partial charge in [0.1, 0.15) is 11.6 Å². The van der Waals surface area contributed by atoms with Gasteiger partial charge in [-0.1, -0.05) is 36.6 Å². The maximum absolute atomic E-state index is 12.4. The molecular formula is C26H31N5O3. The highest BCUT2D eigenvalue weighted by atomic mass is 16.5. The Balaban J connectivity index is 1.43. The number of hydrogen-bond donors (Lipinski definition) is 2. The standard InChI is InChI=1S/C26H31N5O3/c1-16-23(17(2)34-31-16)21-15-22(27-19-7-4-5-8-19)30-25(29-21)28-20-11-9-18(10-12-20)26(13-6-14-26)24(32)33-3/h9-12,15,19H,4-8,13-14H2,1-3H3,(H2,27,28,29,30). The Hall–Kier alpha value is -3.42. The zero-order valence-electron chi connectivity index (χ0n) is 20.0. The average Bonchev–Trinajstić information content (AvgIpc) is 3.43. The van der Waals surface area contributed by atoms with Crippen molar-refractivity contribution in [1.29, 1.82) is 0 Å². The summed E-state index contributed by atoms with van der Waals surface area (Å²) in [5, 5.41) is 11.0. The van der Waals surface area contributed by atoms with Gasteiger partial charge in [0, 0.05) is 17.8 Å². The molecule has 34 heavy (non-hydrogen) atoms. The summed E-state index contributed by atoms with van der Waals surface area (Å²) in [5.74, 6) is 1.86. The molecule has 0 amide bonds. The highest BCUT2D eigenvalue weighted by Gasteiger charge is 2.46. The molecular weight excluding hydrogens is 430 g/mol. The molecule has 2 fully saturated rings. The number of hydrogen-bond acceptors (Lipinski definition) is 8. The van der Waals surface area contributed by atoms with Crippen molar-refractivity contribution in [2.24, 2.45) is 0 Å². The lowest BCUT2D eigenvalue weighted by Crippen LogP contribution is -2.43. The predicted molar refractivity (Wildman–Crippen MR) is 130 cm³/mol. The van der Waals surface area contributed by atoms with Crippen LogP contribution in [-0.4, -0.2) is 34.2 Å². The summed E-state index contributed by atoms with van der Waals surface area (Å²) in [6.07, 6.45) is 7.46. The first-order chi connectivity index (χ1) is 16.5. The van der Waals surface area contributed by atoms with Crippen LogP contribution in [0.15, 0.2) is 34.9 Å². The Labute approximate surface area is 199 Å². The summed E-state index contributed by atoms with van der Waals surface area (Å²) in [6.45, 7) is 3.81.